The molecule has 136 valence electrons. The highest BCUT2D eigenvalue weighted by Crippen LogP contribution is 2.27. The standard InChI is InChI=1S/C18H24N2O5/c1-4-5-6-7-12(2)9-20-17(23)13(3)10-19(18(20)24)16-8-14(22)15(11-21)25-16/h4-7,10,14-16,21-22H,1,8-9,11H2,2-3H3/b6-5-,12-7+/t14-,15?,16-/m1/s1. The molecule has 1 aliphatic heterocycles. The maximum absolute atomic E-state index is 12.7. The monoisotopic (exact) mass is 348 g/mol. The third-order valence-corrected chi connectivity index (χ3v) is 4.10. The second-order valence-corrected chi connectivity index (χ2v) is 6.14. The van der Waals surface area contributed by atoms with Crippen LogP contribution in [0.5, 0.6) is 0 Å². The van der Waals surface area contributed by atoms with Crippen LogP contribution in [0.4, 0.5) is 0 Å². The van der Waals surface area contributed by atoms with E-state index in [4.69, 9.17) is 4.74 Å². The lowest BCUT2D eigenvalue weighted by molar-refractivity contribution is -0.0463. The van der Waals surface area contributed by atoms with E-state index in [-0.39, 0.29) is 25.1 Å². The summed E-state index contributed by atoms with van der Waals surface area (Å²) in [4.78, 5) is 25.1. The Morgan fingerprint density at radius 3 is 2.76 bits per heavy atom. The second-order valence-electron chi connectivity index (χ2n) is 6.14. The van der Waals surface area contributed by atoms with Gasteiger partial charge in [0.2, 0.25) is 0 Å². The number of nitrogens with zero attached hydrogens (tertiary/aromatic N) is 2. The lowest BCUT2D eigenvalue weighted by Crippen LogP contribution is -2.42. The van der Waals surface area contributed by atoms with Gasteiger partial charge in [-0.1, -0.05) is 36.5 Å². The van der Waals surface area contributed by atoms with Crippen molar-refractivity contribution in [3.05, 3.63) is 69.1 Å². The fraction of sp³-hybridized carbons (Fsp3) is 0.444. The number of aryl methyl sites for hydroxylation is 1. The molecule has 0 spiro atoms. The first kappa shape index (κ1) is 19.1. The van der Waals surface area contributed by atoms with Gasteiger partial charge in [-0.15, -0.1) is 0 Å². The summed E-state index contributed by atoms with van der Waals surface area (Å²) in [5.41, 5.74) is 0.362. The number of hydrogen-bond acceptors (Lipinski definition) is 5. The van der Waals surface area contributed by atoms with Gasteiger partial charge in [0.05, 0.1) is 19.3 Å². The van der Waals surface area contributed by atoms with E-state index in [0.717, 1.165) is 10.1 Å². The molecule has 1 aromatic heterocycles. The van der Waals surface area contributed by atoms with E-state index in [1.807, 2.05) is 6.92 Å². The van der Waals surface area contributed by atoms with Crippen LogP contribution in [0.3, 0.4) is 0 Å². The molecule has 3 atom stereocenters. The molecule has 0 saturated carbocycles. The van der Waals surface area contributed by atoms with Crippen molar-refractivity contribution in [3.8, 4) is 0 Å². The van der Waals surface area contributed by atoms with Crippen molar-refractivity contribution in [2.45, 2.75) is 45.2 Å². The van der Waals surface area contributed by atoms with Crippen molar-refractivity contribution in [2.75, 3.05) is 6.61 Å². The first-order valence-electron chi connectivity index (χ1n) is 8.10. The van der Waals surface area contributed by atoms with E-state index in [1.165, 1.54) is 10.8 Å². The highest BCUT2D eigenvalue weighted by Gasteiger charge is 2.35. The number of aromatic nitrogens is 2. The maximum Gasteiger partial charge on any atom is 0.333 e. The molecule has 1 aromatic rings. The number of hydrogen-bond donors (Lipinski definition) is 2. The molecule has 1 unspecified atom stereocenters. The molecule has 2 rings (SSSR count). The molecule has 0 bridgehead atoms. The van der Waals surface area contributed by atoms with Crippen LogP contribution < -0.4 is 11.2 Å². The molecule has 0 radical (unpaired) electrons. The summed E-state index contributed by atoms with van der Waals surface area (Å²) >= 11 is 0. The number of aliphatic hydroxyl groups excluding tert-OH is 2. The normalized spacial score (nSPS) is 24.2. The van der Waals surface area contributed by atoms with E-state index in [1.54, 1.807) is 31.2 Å². The minimum Gasteiger partial charge on any atom is -0.394 e. The van der Waals surface area contributed by atoms with Gasteiger partial charge in [-0.05, 0) is 13.8 Å². The van der Waals surface area contributed by atoms with Gasteiger partial charge in [0.15, 0.2) is 0 Å². The highest BCUT2D eigenvalue weighted by molar-refractivity contribution is 5.15. The molecule has 25 heavy (non-hydrogen) atoms. The van der Waals surface area contributed by atoms with Crippen molar-refractivity contribution in [1.29, 1.82) is 0 Å². The fourth-order valence-corrected chi connectivity index (χ4v) is 2.75. The van der Waals surface area contributed by atoms with Gasteiger partial charge in [0.1, 0.15) is 12.3 Å². The molecule has 0 aromatic carbocycles. The fourth-order valence-electron chi connectivity index (χ4n) is 2.75. The lowest BCUT2D eigenvalue weighted by atomic mass is 10.2. The van der Waals surface area contributed by atoms with Crippen LogP contribution in [0.25, 0.3) is 0 Å². The number of rotatable bonds is 6. The molecule has 7 nitrogen and oxygen atoms in total. The van der Waals surface area contributed by atoms with Crippen LogP contribution in [-0.4, -0.2) is 38.2 Å². The summed E-state index contributed by atoms with van der Waals surface area (Å²) in [5.74, 6) is 0. The largest absolute Gasteiger partial charge is 0.394 e. The van der Waals surface area contributed by atoms with Crippen molar-refractivity contribution in [3.63, 3.8) is 0 Å². The van der Waals surface area contributed by atoms with Gasteiger partial charge >= 0.3 is 5.69 Å². The van der Waals surface area contributed by atoms with Crippen molar-refractivity contribution < 1.29 is 14.9 Å². The Bertz CT molecular complexity index is 803. The number of ether oxygens (including phenoxy) is 1. The molecule has 2 heterocycles. The van der Waals surface area contributed by atoms with Gasteiger partial charge in [-0.2, -0.15) is 0 Å². The van der Waals surface area contributed by atoms with Gasteiger partial charge in [-0.25, -0.2) is 4.79 Å². The Morgan fingerprint density at radius 2 is 2.16 bits per heavy atom. The number of aliphatic hydroxyl groups is 2. The molecule has 7 heteroatoms. The van der Waals surface area contributed by atoms with Crippen LogP contribution in [0, 0.1) is 6.92 Å². The van der Waals surface area contributed by atoms with E-state index in [9.17, 15) is 19.8 Å². The summed E-state index contributed by atoms with van der Waals surface area (Å²) in [7, 11) is 0. The SMILES string of the molecule is C=C/C=C\C=C(/C)Cn1c(=O)c(C)cn([C@H]2C[C@@H](O)C(CO)O2)c1=O. The van der Waals surface area contributed by atoms with Crippen LogP contribution >= 0.6 is 0 Å². The molecule has 0 amide bonds. The van der Waals surface area contributed by atoms with Gasteiger partial charge < -0.3 is 14.9 Å². The Labute approximate surface area is 145 Å². The van der Waals surface area contributed by atoms with Crippen LogP contribution in [-0.2, 0) is 11.3 Å². The van der Waals surface area contributed by atoms with E-state index in [2.05, 4.69) is 6.58 Å². The first-order valence-corrected chi connectivity index (χ1v) is 8.10. The van der Waals surface area contributed by atoms with Crippen LogP contribution in [0.2, 0.25) is 0 Å². The quantitative estimate of drug-likeness (QED) is 0.736. The summed E-state index contributed by atoms with van der Waals surface area (Å²) in [5, 5.41) is 19.1. The smallest absolute Gasteiger partial charge is 0.333 e. The van der Waals surface area contributed by atoms with E-state index < -0.39 is 24.1 Å². The minimum atomic E-state index is -0.853. The molecule has 1 saturated heterocycles. The topological polar surface area (TPSA) is 93.7 Å². The number of allylic oxidation sites excluding steroid dienone is 5. The lowest BCUT2D eigenvalue weighted by Gasteiger charge is -2.17. The van der Waals surface area contributed by atoms with Gasteiger partial charge in [0, 0.05) is 18.2 Å². The third kappa shape index (κ3) is 4.25. The van der Waals surface area contributed by atoms with Gasteiger partial charge in [0.25, 0.3) is 5.56 Å². The zero-order valence-corrected chi connectivity index (χ0v) is 14.5. The average molecular weight is 348 g/mol. The Kier molecular flexibility index (Phi) is 6.30. The second kappa shape index (κ2) is 8.24. The highest BCUT2D eigenvalue weighted by atomic mass is 16.5. The zero-order chi connectivity index (χ0) is 18.6. The first-order chi connectivity index (χ1) is 11.9. The average Bonchev–Trinajstić information content (AvgIpc) is 2.96. The van der Waals surface area contributed by atoms with Crippen molar-refractivity contribution in [2.24, 2.45) is 0 Å². The van der Waals surface area contributed by atoms with E-state index >= 15 is 0 Å². The van der Waals surface area contributed by atoms with Crippen molar-refractivity contribution >= 4 is 0 Å². The summed E-state index contributed by atoms with van der Waals surface area (Å²) in [6.07, 6.45) is 6.29. The Morgan fingerprint density at radius 1 is 1.44 bits per heavy atom. The third-order valence-electron chi connectivity index (χ3n) is 4.10. The molecule has 1 aliphatic rings. The Hall–Kier alpha value is -2.22. The molecular formula is C18H24N2O5. The minimum absolute atomic E-state index is 0.152. The van der Waals surface area contributed by atoms with Crippen LogP contribution in [0.1, 0.15) is 25.1 Å². The molecule has 0 aliphatic carbocycles. The molecule has 1 fully saturated rings. The van der Waals surface area contributed by atoms with Crippen molar-refractivity contribution in [1.82, 2.24) is 9.13 Å². The van der Waals surface area contributed by atoms with Gasteiger partial charge in [-0.3, -0.25) is 13.9 Å². The summed E-state index contributed by atoms with van der Waals surface area (Å²) in [6, 6.07) is 0. The summed E-state index contributed by atoms with van der Waals surface area (Å²) < 4.78 is 7.99. The maximum atomic E-state index is 12.7. The Balaban J connectivity index is 2.39. The zero-order valence-electron chi connectivity index (χ0n) is 14.5. The molecule has 2 N–H and O–H groups in total. The predicted octanol–water partition coefficient (Wildman–Crippen LogP) is 0.648. The molecular weight excluding hydrogens is 324 g/mol. The van der Waals surface area contributed by atoms with E-state index in [0.29, 0.717) is 5.56 Å². The van der Waals surface area contributed by atoms with Crippen LogP contribution in [0.15, 0.2) is 52.2 Å². The summed E-state index contributed by atoms with van der Waals surface area (Å²) in [6.45, 7) is 6.85. The predicted molar refractivity (Wildman–Crippen MR) is 94.4 cm³/mol.